The molecule has 0 saturated carbocycles. The first-order valence-corrected chi connectivity index (χ1v) is 9.97. The average molecular weight is 426 g/mol. The smallest absolute Gasteiger partial charge is 0.272 e. The van der Waals surface area contributed by atoms with E-state index in [2.05, 4.69) is 25.1 Å². The maximum atomic E-state index is 12.6. The summed E-state index contributed by atoms with van der Waals surface area (Å²) in [5, 5.41) is 21.0. The van der Waals surface area contributed by atoms with E-state index in [-0.39, 0.29) is 11.4 Å². The third-order valence-corrected chi connectivity index (χ3v) is 5.33. The first-order chi connectivity index (χ1) is 15.6. The van der Waals surface area contributed by atoms with Gasteiger partial charge < -0.3 is 9.88 Å². The van der Waals surface area contributed by atoms with Crippen molar-refractivity contribution in [1.82, 2.24) is 25.1 Å². The fourth-order valence-corrected chi connectivity index (χ4v) is 3.65. The van der Waals surface area contributed by atoms with Crippen LogP contribution in [-0.4, -0.2) is 30.6 Å². The molecule has 0 fully saturated rings. The van der Waals surface area contributed by atoms with Crippen molar-refractivity contribution in [3.8, 4) is 0 Å². The number of fused-ring (bicyclic) bond motifs is 2. The first-order valence-electron chi connectivity index (χ1n) is 9.97. The van der Waals surface area contributed by atoms with Gasteiger partial charge in [0.2, 0.25) is 0 Å². The van der Waals surface area contributed by atoms with E-state index in [1.54, 1.807) is 6.07 Å². The highest BCUT2D eigenvalue weighted by Gasteiger charge is 2.17. The molecule has 2 aromatic heterocycles. The molecule has 3 aromatic carbocycles. The minimum absolute atomic E-state index is 0.0887. The Morgan fingerprint density at radius 2 is 1.84 bits per heavy atom. The lowest BCUT2D eigenvalue weighted by Crippen LogP contribution is -2.23. The van der Waals surface area contributed by atoms with E-state index in [9.17, 15) is 14.9 Å². The lowest BCUT2D eigenvalue weighted by molar-refractivity contribution is -0.384. The molecule has 0 aliphatic rings. The van der Waals surface area contributed by atoms with Gasteiger partial charge in [-0.2, -0.15) is 5.10 Å². The summed E-state index contributed by atoms with van der Waals surface area (Å²) in [7, 11) is 0. The van der Waals surface area contributed by atoms with Gasteiger partial charge >= 0.3 is 0 Å². The van der Waals surface area contributed by atoms with Crippen molar-refractivity contribution in [2.75, 3.05) is 0 Å². The molecular weight excluding hydrogens is 408 g/mol. The number of imidazole rings is 1. The number of nitrogens with one attached hydrogen (secondary N) is 2. The number of nitro benzene ring substituents is 1. The maximum Gasteiger partial charge on any atom is 0.272 e. The van der Waals surface area contributed by atoms with Crippen molar-refractivity contribution in [3.63, 3.8) is 0 Å². The van der Waals surface area contributed by atoms with Crippen molar-refractivity contribution < 1.29 is 9.72 Å². The van der Waals surface area contributed by atoms with E-state index < -0.39 is 10.8 Å². The van der Waals surface area contributed by atoms with Crippen molar-refractivity contribution in [2.24, 2.45) is 0 Å². The zero-order chi connectivity index (χ0) is 22.1. The molecule has 2 N–H and O–H groups in total. The third-order valence-electron chi connectivity index (χ3n) is 5.33. The van der Waals surface area contributed by atoms with Crippen LogP contribution in [0, 0.1) is 10.1 Å². The van der Waals surface area contributed by atoms with Crippen molar-refractivity contribution >= 4 is 33.5 Å². The summed E-state index contributed by atoms with van der Waals surface area (Å²) >= 11 is 0. The number of nitro groups is 1. The Hall–Kier alpha value is -4.53. The molecule has 0 aliphatic heterocycles. The summed E-state index contributed by atoms with van der Waals surface area (Å²) in [6, 6.07) is 20.2. The minimum atomic E-state index is -0.498. The Balaban J connectivity index is 1.26. The van der Waals surface area contributed by atoms with Crippen LogP contribution in [0.5, 0.6) is 0 Å². The standard InChI is InChI=1S/C23H18N6O3/c30-23(22-18-11-17(29(31)32)9-10-19(18)26-27-22)24-12-15-5-7-16(8-6-15)13-28-14-25-20-3-1-2-4-21(20)28/h1-11,14H,12-13H2,(H,24,30)(H,26,27). The number of rotatable bonds is 6. The third kappa shape index (κ3) is 3.67. The largest absolute Gasteiger partial charge is 0.347 e. The number of para-hydroxylation sites is 2. The zero-order valence-electron chi connectivity index (χ0n) is 16.9. The molecule has 5 aromatic rings. The van der Waals surface area contributed by atoms with Gasteiger partial charge in [-0.1, -0.05) is 36.4 Å². The van der Waals surface area contributed by atoms with E-state index >= 15 is 0 Å². The lowest BCUT2D eigenvalue weighted by atomic mass is 10.1. The van der Waals surface area contributed by atoms with Crippen LogP contribution in [0.3, 0.4) is 0 Å². The van der Waals surface area contributed by atoms with Crippen LogP contribution < -0.4 is 5.32 Å². The number of nitrogens with zero attached hydrogens (tertiary/aromatic N) is 4. The Morgan fingerprint density at radius 3 is 2.66 bits per heavy atom. The van der Waals surface area contributed by atoms with Crippen molar-refractivity contribution in [2.45, 2.75) is 13.1 Å². The van der Waals surface area contributed by atoms with Crippen LogP contribution in [0.4, 0.5) is 5.69 Å². The van der Waals surface area contributed by atoms with E-state index in [1.165, 1.54) is 12.1 Å². The summed E-state index contributed by atoms with van der Waals surface area (Å²) in [5.41, 5.74) is 4.70. The topological polar surface area (TPSA) is 119 Å². The fourth-order valence-electron chi connectivity index (χ4n) is 3.65. The van der Waals surface area contributed by atoms with Gasteiger partial charge in [0.15, 0.2) is 5.69 Å². The molecule has 158 valence electrons. The van der Waals surface area contributed by atoms with Crippen molar-refractivity contribution in [3.05, 3.63) is 100.0 Å². The quantitative estimate of drug-likeness (QED) is 0.316. The Morgan fingerprint density at radius 1 is 1.06 bits per heavy atom. The van der Waals surface area contributed by atoms with Gasteiger partial charge in [-0.25, -0.2) is 4.98 Å². The highest BCUT2D eigenvalue weighted by Crippen LogP contribution is 2.22. The molecule has 1 amide bonds. The molecular formula is C23H18N6O3. The number of carbonyl (C=O) groups excluding carboxylic acids is 1. The van der Waals surface area contributed by atoms with E-state index in [0.29, 0.717) is 24.0 Å². The van der Waals surface area contributed by atoms with Crippen LogP contribution in [0.25, 0.3) is 21.9 Å². The Bertz CT molecular complexity index is 1450. The number of H-pyrrole nitrogens is 1. The van der Waals surface area contributed by atoms with E-state index in [1.807, 2.05) is 54.9 Å². The molecule has 2 heterocycles. The summed E-state index contributed by atoms with van der Waals surface area (Å²) in [4.78, 5) is 27.5. The van der Waals surface area contributed by atoms with E-state index in [4.69, 9.17) is 0 Å². The summed E-state index contributed by atoms with van der Waals surface area (Å²) in [6.07, 6.45) is 1.83. The molecule has 0 spiro atoms. The van der Waals surface area contributed by atoms with Crippen LogP contribution >= 0.6 is 0 Å². The summed E-state index contributed by atoms with van der Waals surface area (Å²) in [6.45, 7) is 1.02. The van der Waals surface area contributed by atoms with Gasteiger partial charge in [0.05, 0.1) is 27.8 Å². The molecule has 0 unspecified atom stereocenters. The first kappa shape index (κ1) is 19.4. The predicted molar refractivity (Wildman–Crippen MR) is 119 cm³/mol. The molecule has 0 bridgehead atoms. The highest BCUT2D eigenvalue weighted by molar-refractivity contribution is 6.05. The van der Waals surface area contributed by atoms with Crippen LogP contribution in [-0.2, 0) is 13.1 Å². The highest BCUT2D eigenvalue weighted by atomic mass is 16.6. The maximum absolute atomic E-state index is 12.6. The molecule has 32 heavy (non-hydrogen) atoms. The molecule has 0 radical (unpaired) electrons. The predicted octanol–water partition coefficient (Wildman–Crippen LogP) is 3.80. The van der Waals surface area contributed by atoms with Gasteiger partial charge in [0.25, 0.3) is 11.6 Å². The second-order valence-corrected chi connectivity index (χ2v) is 7.42. The number of aromatic amines is 1. The van der Waals surface area contributed by atoms with Gasteiger partial charge in [0, 0.05) is 30.6 Å². The Kier molecular flexibility index (Phi) is 4.83. The second-order valence-electron chi connectivity index (χ2n) is 7.42. The monoisotopic (exact) mass is 426 g/mol. The van der Waals surface area contributed by atoms with Gasteiger partial charge in [0.1, 0.15) is 0 Å². The number of aromatic nitrogens is 4. The zero-order valence-corrected chi connectivity index (χ0v) is 16.9. The van der Waals surface area contributed by atoms with Gasteiger partial charge in [-0.05, 0) is 29.3 Å². The van der Waals surface area contributed by atoms with Gasteiger partial charge in [-0.15, -0.1) is 0 Å². The second kappa shape index (κ2) is 7.95. The number of hydrogen-bond donors (Lipinski definition) is 2. The summed E-state index contributed by atoms with van der Waals surface area (Å²) < 4.78 is 2.09. The molecule has 0 aliphatic carbocycles. The molecule has 9 heteroatoms. The number of non-ortho nitro benzene ring substituents is 1. The van der Waals surface area contributed by atoms with Gasteiger partial charge in [-0.3, -0.25) is 20.0 Å². The number of hydrogen-bond acceptors (Lipinski definition) is 5. The fraction of sp³-hybridized carbons (Fsp3) is 0.0870. The molecule has 0 atom stereocenters. The lowest BCUT2D eigenvalue weighted by Gasteiger charge is -2.07. The van der Waals surface area contributed by atoms with Crippen LogP contribution in [0.1, 0.15) is 21.6 Å². The van der Waals surface area contributed by atoms with Crippen LogP contribution in [0.2, 0.25) is 0 Å². The molecule has 0 saturated heterocycles. The number of amides is 1. The number of carbonyl (C=O) groups is 1. The SMILES string of the molecule is O=C(NCc1ccc(Cn2cnc3ccccc32)cc1)c1n[nH]c2ccc([N+](=O)[O-])cc12. The Labute approximate surface area is 181 Å². The van der Waals surface area contributed by atoms with Crippen LogP contribution in [0.15, 0.2) is 73.1 Å². The summed E-state index contributed by atoms with van der Waals surface area (Å²) in [5.74, 6) is -0.397. The molecule has 5 rings (SSSR count). The number of benzene rings is 3. The van der Waals surface area contributed by atoms with E-state index in [0.717, 1.165) is 22.2 Å². The van der Waals surface area contributed by atoms with Crippen molar-refractivity contribution in [1.29, 1.82) is 0 Å². The molecule has 9 nitrogen and oxygen atoms in total. The normalized spacial score (nSPS) is 11.1. The minimum Gasteiger partial charge on any atom is -0.347 e. The average Bonchev–Trinajstić information content (AvgIpc) is 3.42.